The fourth-order valence-corrected chi connectivity index (χ4v) is 3.45. The first-order valence-corrected chi connectivity index (χ1v) is 7.80. The average molecular weight is 450 g/mol. The molecule has 2 atom stereocenters. The van der Waals surface area contributed by atoms with Crippen molar-refractivity contribution >= 4 is 45.2 Å². The van der Waals surface area contributed by atoms with Gasteiger partial charge in [0.15, 0.2) is 0 Å². The minimum atomic E-state index is 0.0795. The molecule has 88 valence electrons. The monoisotopic (exact) mass is 450 g/mol. The van der Waals surface area contributed by atoms with E-state index in [1.54, 1.807) is 0 Å². The van der Waals surface area contributed by atoms with Gasteiger partial charge in [-0.2, -0.15) is 0 Å². The van der Waals surface area contributed by atoms with E-state index in [9.17, 15) is 0 Å². The Balaban J connectivity index is 2.02. The van der Waals surface area contributed by atoms with Gasteiger partial charge in [-0.3, -0.25) is 0 Å². The summed E-state index contributed by atoms with van der Waals surface area (Å²) in [4.78, 5) is 0. The van der Waals surface area contributed by atoms with Crippen molar-refractivity contribution < 1.29 is 4.74 Å². The quantitative estimate of drug-likeness (QED) is 0.456. The highest BCUT2D eigenvalue weighted by molar-refractivity contribution is 14.1. The van der Waals surface area contributed by atoms with Gasteiger partial charge in [-0.15, -0.1) is 0 Å². The molecule has 0 aliphatic rings. The maximum absolute atomic E-state index is 6.00. The number of hydrogen-bond donors (Lipinski definition) is 0. The lowest BCUT2D eigenvalue weighted by Crippen LogP contribution is -2.00. The lowest BCUT2D eigenvalue weighted by molar-refractivity contribution is 0.114. The van der Waals surface area contributed by atoms with Gasteiger partial charge < -0.3 is 4.74 Å². The molecule has 2 rings (SSSR count). The first kappa shape index (κ1) is 13.3. The molecular formula is C14H12I2O. The summed E-state index contributed by atoms with van der Waals surface area (Å²) in [7, 11) is 0. The molecule has 0 bridgehead atoms. The Kier molecular flexibility index (Phi) is 5.24. The zero-order valence-electron chi connectivity index (χ0n) is 9.09. The van der Waals surface area contributed by atoms with Crippen LogP contribution in [0.1, 0.15) is 19.3 Å². The topological polar surface area (TPSA) is 9.23 Å². The Morgan fingerprint density at radius 3 is 1.35 bits per heavy atom. The van der Waals surface area contributed by atoms with Gasteiger partial charge in [-0.1, -0.05) is 60.7 Å². The zero-order valence-corrected chi connectivity index (χ0v) is 13.4. The second kappa shape index (κ2) is 6.70. The van der Waals surface area contributed by atoms with Crippen molar-refractivity contribution in [2.24, 2.45) is 0 Å². The highest BCUT2D eigenvalue weighted by Crippen LogP contribution is 2.34. The molecule has 0 spiro atoms. The largest absolute Gasteiger partial charge is 0.345 e. The summed E-state index contributed by atoms with van der Waals surface area (Å²) in [6.07, 6.45) is 0. The van der Waals surface area contributed by atoms with Gasteiger partial charge in [0.25, 0.3) is 0 Å². The molecule has 0 aromatic heterocycles. The van der Waals surface area contributed by atoms with Crippen molar-refractivity contribution in [2.45, 2.75) is 8.22 Å². The highest BCUT2D eigenvalue weighted by atomic mass is 127. The molecule has 3 heteroatoms. The van der Waals surface area contributed by atoms with Crippen LogP contribution in [-0.2, 0) is 4.74 Å². The third kappa shape index (κ3) is 3.93. The van der Waals surface area contributed by atoms with Crippen LogP contribution in [0, 0.1) is 0 Å². The van der Waals surface area contributed by atoms with Gasteiger partial charge in [-0.05, 0) is 56.3 Å². The van der Waals surface area contributed by atoms with Crippen LogP contribution in [-0.4, -0.2) is 0 Å². The van der Waals surface area contributed by atoms with Gasteiger partial charge in [0.1, 0.15) is 8.22 Å². The molecule has 0 aliphatic carbocycles. The van der Waals surface area contributed by atoms with E-state index in [2.05, 4.69) is 69.4 Å². The molecule has 0 amide bonds. The summed E-state index contributed by atoms with van der Waals surface area (Å²) in [6, 6.07) is 20.5. The number of ether oxygens (including phenoxy) is 1. The molecule has 2 aromatic carbocycles. The first-order valence-electron chi connectivity index (χ1n) is 5.31. The lowest BCUT2D eigenvalue weighted by atomic mass is 10.2. The van der Waals surface area contributed by atoms with E-state index in [1.165, 1.54) is 11.1 Å². The number of halogens is 2. The van der Waals surface area contributed by atoms with Gasteiger partial charge in [0.05, 0.1) is 0 Å². The van der Waals surface area contributed by atoms with Crippen molar-refractivity contribution in [1.82, 2.24) is 0 Å². The van der Waals surface area contributed by atoms with Crippen LogP contribution >= 0.6 is 45.2 Å². The maximum atomic E-state index is 6.00. The minimum absolute atomic E-state index is 0.0795. The number of benzene rings is 2. The molecule has 0 saturated carbocycles. The molecular weight excluding hydrogens is 438 g/mol. The van der Waals surface area contributed by atoms with Crippen molar-refractivity contribution in [1.29, 1.82) is 0 Å². The van der Waals surface area contributed by atoms with Crippen molar-refractivity contribution in [3.63, 3.8) is 0 Å². The van der Waals surface area contributed by atoms with Crippen LogP contribution in [0.5, 0.6) is 0 Å². The van der Waals surface area contributed by atoms with Gasteiger partial charge >= 0.3 is 0 Å². The standard InChI is InChI=1S/C14H12I2O/c15-13(11-7-3-1-4-8-11)17-14(16)12-9-5-2-6-10-12/h1-10,13-14H. The highest BCUT2D eigenvalue weighted by Gasteiger charge is 2.14. The molecule has 17 heavy (non-hydrogen) atoms. The Hall–Kier alpha value is -0.140. The molecule has 0 N–H and O–H groups in total. The Bertz CT molecular complexity index is 401. The van der Waals surface area contributed by atoms with E-state index in [1.807, 2.05) is 36.4 Å². The van der Waals surface area contributed by atoms with Crippen LogP contribution in [0.25, 0.3) is 0 Å². The fourth-order valence-electron chi connectivity index (χ4n) is 1.47. The van der Waals surface area contributed by atoms with Crippen LogP contribution < -0.4 is 0 Å². The van der Waals surface area contributed by atoms with Gasteiger partial charge in [-0.25, -0.2) is 0 Å². The molecule has 0 heterocycles. The average Bonchev–Trinajstić information content (AvgIpc) is 2.40. The minimum Gasteiger partial charge on any atom is -0.345 e. The summed E-state index contributed by atoms with van der Waals surface area (Å²) in [6.45, 7) is 0. The van der Waals surface area contributed by atoms with Gasteiger partial charge in [0.2, 0.25) is 0 Å². The van der Waals surface area contributed by atoms with E-state index in [-0.39, 0.29) is 8.22 Å². The SMILES string of the molecule is IC(OC(I)c1ccccc1)c1ccccc1. The van der Waals surface area contributed by atoms with E-state index >= 15 is 0 Å². The summed E-state index contributed by atoms with van der Waals surface area (Å²) in [5.41, 5.74) is 2.40. The molecule has 0 radical (unpaired) electrons. The maximum Gasteiger partial charge on any atom is 0.135 e. The van der Waals surface area contributed by atoms with Gasteiger partial charge in [0, 0.05) is 0 Å². The van der Waals surface area contributed by atoms with Crippen molar-refractivity contribution in [3.8, 4) is 0 Å². The third-order valence-corrected chi connectivity index (χ3v) is 4.39. The zero-order chi connectivity index (χ0) is 12.1. The normalized spacial score (nSPS) is 14.2. The molecule has 0 saturated heterocycles. The Labute approximate surface area is 129 Å². The van der Waals surface area contributed by atoms with E-state index < -0.39 is 0 Å². The molecule has 0 fully saturated rings. The third-order valence-electron chi connectivity index (χ3n) is 2.36. The van der Waals surface area contributed by atoms with Crippen LogP contribution in [0.15, 0.2) is 60.7 Å². The van der Waals surface area contributed by atoms with Crippen molar-refractivity contribution in [2.75, 3.05) is 0 Å². The molecule has 0 aliphatic heterocycles. The van der Waals surface area contributed by atoms with Crippen LogP contribution in [0.2, 0.25) is 0 Å². The predicted octanol–water partition coefficient (Wildman–Crippen LogP) is 5.27. The predicted molar refractivity (Wildman–Crippen MR) is 87.5 cm³/mol. The smallest absolute Gasteiger partial charge is 0.135 e. The Morgan fingerprint density at radius 1 is 0.647 bits per heavy atom. The Morgan fingerprint density at radius 2 is 1.00 bits per heavy atom. The number of hydrogen-bond acceptors (Lipinski definition) is 1. The fraction of sp³-hybridized carbons (Fsp3) is 0.143. The number of rotatable bonds is 4. The second-order valence-corrected chi connectivity index (χ2v) is 5.85. The summed E-state index contributed by atoms with van der Waals surface area (Å²) >= 11 is 4.64. The van der Waals surface area contributed by atoms with Crippen LogP contribution in [0.3, 0.4) is 0 Å². The van der Waals surface area contributed by atoms with E-state index in [0.717, 1.165) is 0 Å². The lowest BCUT2D eigenvalue weighted by Gasteiger charge is -2.17. The second-order valence-electron chi connectivity index (χ2n) is 3.59. The molecule has 2 aromatic rings. The summed E-state index contributed by atoms with van der Waals surface area (Å²) in [5, 5.41) is 0. The first-order chi connectivity index (χ1) is 8.27. The van der Waals surface area contributed by atoms with E-state index in [4.69, 9.17) is 4.74 Å². The van der Waals surface area contributed by atoms with Crippen molar-refractivity contribution in [3.05, 3.63) is 71.8 Å². The molecule has 1 nitrogen and oxygen atoms in total. The summed E-state index contributed by atoms with van der Waals surface area (Å²) < 4.78 is 6.15. The molecule has 2 unspecified atom stereocenters. The van der Waals surface area contributed by atoms with E-state index in [0.29, 0.717) is 0 Å². The summed E-state index contributed by atoms with van der Waals surface area (Å²) in [5.74, 6) is 0. The van der Waals surface area contributed by atoms with Crippen LogP contribution in [0.4, 0.5) is 0 Å². The number of alkyl halides is 2.